The summed E-state index contributed by atoms with van der Waals surface area (Å²) in [6, 6.07) is 11.7. The summed E-state index contributed by atoms with van der Waals surface area (Å²) in [5.41, 5.74) is 2.99. The molecular formula is C22H24N4O2S2. The first kappa shape index (κ1) is 20.6. The molecule has 1 atom stereocenters. The average molecular weight is 441 g/mol. The van der Waals surface area contributed by atoms with Crippen molar-refractivity contribution in [3.05, 3.63) is 58.9 Å². The van der Waals surface area contributed by atoms with E-state index in [0.717, 1.165) is 46.8 Å². The molecule has 156 valence electrons. The fraction of sp³-hybridized carbons (Fsp3) is 0.318. The third kappa shape index (κ3) is 3.97. The molecule has 3 aromatic rings. The van der Waals surface area contributed by atoms with Crippen LogP contribution in [0.1, 0.15) is 44.2 Å². The van der Waals surface area contributed by atoms with E-state index in [4.69, 9.17) is 26.5 Å². The van der Waals surface area contributed by atoms with E-state index in [1.165, 1.54) is 0 Å². The first-order valence-electron chi connectivity index (χ1n) is 9.93. The Balaban J connectivity index is 1.80. The highest BCUT2D eigenvalue weighted by atomic mass is 32.1. The topological polar surface area (TPSA) is 63.4 Å². The molecule has 8 heteroatoms. The van der Waals surface area contributed by atoms with Crippen molar-refractivity contribution >= 4 is 34.2 Å². The van der Waals surface area contributed by atoms with E-state index in [9.17, 15) is 0 Å². The molecule has 1 aliphatic rings. The minimum absolute atomic E-state index is 0.206. The third-order valence-corrected chi connectivity index (χ3v) is 6.36. The van der Waals surface area contributed by atoms with Crippen molar-refractivity contribution in [3.8, 4) is 16.5 Å². The summed E-state index contributed by atoms with van der Waals surface area (Å²) in [4.78, 5) is 7.82. The van der Waals surface area contributed by atoms with E-state index in [0.29, 0.717) is 16.8 Å². The van der Waals surface area contributed by atoms with Crippen molar-refractivity contribution in [2.45, 2.75) is 32.7 Å². The Morgan fingerprint density at radius 2 is 2.17 bits per heavy atom. The van der Waals surface area contributed by atoms with Crippen LogP contribution in [-0.4, -0.2) is 33.8 Å². The van der Waals surface area contributed by atoms with Gasteiger partial charge in [-0.15, -0.1) is 11.3 Å². The average Bonchev–Trinajstić information content (AvgIpc) is 3.45. The Bertz CT molecular complexity index is 1060. The highest BCUT2D eigenvalue weighted by Gasteiger charge is 2.34. The van der Waals surface area contributed by atoms with Crippen molar-refractivity contribution in [1.29, 1.82) is 0 Å². The second-order valence-corrected chi connectivity index (χ2v) is 8.40. The first-order chi connectivity index (χ1) is 14.6. The van der Waals surface area contributed by atoms with Crippen LogP contribution >= 0.6 is 23.6 Å². The minimum atomic E-state index is -0.206. The molecule has 0 bridgehead atoms. The molecule has 0 saturated heterocycles. The van der Waals surface area contributed by atoms with Gasteiger partial charge in [0.25, 0.3) is 5.89 Å². The molecule has 0 aliphatic carbocycles. The number of thiocarbonyl (C=S) groups is 1. The Labute approximate surface area is 185 Å². The van der Waals surface area contributed by atoms with Crippen molar-refractivity contribution < 1.29 is 9.26 Å². The lowest BCUT2D eigenvalue weighted by Gasteiger charge is -2.37. The van der Waals surface area contributed by atoms with Gasteiger partial charge in [-0.25, -0.2) is 0 Å². The minimum Gasteiger partial charge on any atom is -0.497 e. The molecule has 3 heterocycles. The lowest BCUT2D eigenvalue weighted by atomic mass is 9.94. The fourth-order valence-electron chi connectivity index (χ4n) is 3.55. The Kier molecular flexibility index (Phi) is 6.15. The van der Waals surface area contributed by atoms with Gasteiger partial charge in [-0.3, -0.25) is 0 Å². The second kappa shape index (κ2) is 8.97. The first-order valence-corrected chi connectivity index (χ1v) is 11.2. The van der Waals surface area contributed by atoms with E-state index in [1.807, 2.05) is 41.8 Å². The zero-order chi connectivity index (χ0) is 21.1. The predicted octanol–water partition coefficient (Wildman–Crippen LogP) is 5.27. The highest BCUT2D eigenvalue weighted by Crippen LogP contribution is 2.38. The van der Waals surface area contributed by atoms with Crippen LogP contribution in [0.5, 0.6) is 5.75 Å². The number of methoxy groups -OCH3 is 1. The number of nitrogens with one attached hydrogen (secondary N) is 1. The van der Waals surface area contributed by atoms with Gasteiger partial charge in [0.05, 0.1) is 23.6 Å². The molecule has 4 rings (SSSR count). The molecule has 1 N–H and O–H groups in total. The quantitative estimate of drug-likeness (QED) is 0.502. The maximum Gasteiger partial charge on any atom is 0.258 e. The molecule has 30 heavy (non-hydrogen) atoms. The van der Waals surface area contributed by atoms with E-state index in [1.54, 1.807) is 18.4 Å². The summed E-state index contributed by atoms with van der Waals surface area (Å²) in [6.07, 6.45) is 2.13. The molecule has 2 aromatic heterocycles. The standard InChI is InChI=1S/C22H24N4O2S2/c1-4-5-11-26-14(2)18(21-24-20(25-28-21)17-10-7-12-30-17)19(23-22(26)29)15-8-6-9-16(13-15)27-3/h6-10,12-13,19H,4-5,11H2,1-3H3,(H,23,29). The number of aromatic nitrogens is 2. The number of hydrogen-bond donors (Lipinski definition) is 1. The Hall–Kier alpha value is -2.71. The number of ether oxygens (including phenoxy) is 1. The van der Waals surface area contributed by atoms with Crippen LogP contribution in [0.15, 0.2) is 52.0 Å². The van der Waals surface area contributed by atoms with Crippen LogP contribution < -0.4 is 10.1 Å². The van der Waals surface area contributed by atoms with E-state index in [2.05, 4.69) is 29.2 Å². The van der Waals surface area contributed by atoms with Crippen LogP contribution in [0.3, 0.4) is 0 Å². The number of benzene rings is 1. The van der Waals surface area contributed by atoms with Crippen LogP contribution in [0.25, 0.3) is 16.3 Å². The molecule has 0 amide bonds. The summed E-state index contributed by atoms with van der Waals surface area (Å²) in [7, 11) is 1.66. The van der Waals surface area contributed by atoms with Gasteiger partial charge in [-0.1, -0.05) is 36.7 Å². The molecule has 0 radical (unpaired) electrons. The largest absolute Gasteiger partial charge is 0.497 e. The van der Waals surface area contributed by atoms with Gasteiger partial charge in [0.15, 0.2) is 5.11 Å². The van der Waals surface area contributed by atoms with Crippen LogP contribution in [0.2, 0.25) is 0 Å². The van der Waals surface area contributed by atoms with Crippen LogP contribution in [-0.2, 0) is 0 Å². The molecule has 1 aliphatic heterocycles. The number of rotatable bonds is 7. The predicted molar refractivity (Wildman–Crippen MR) is 123 cm³/mol. The smallest absolute Gasteiger partial charge is 0.258 e. The summed E-state index contributed by atoms with van der Waals surface area (Å²) in [5.74, 6) is 1.88. The number of allylic oxidation sites excluding steroid dienone is 1. The molecule has 0 saturated carbocycles. The molecule has 0 fully saturated rings. The van der Waals surface area contributed by atoms with Crippen molar-refractivity contribution in [1.82, 2.24) is 20.4 Å². The maximum absolute atomic E-state index is 5.74. The lowest BCUT2D eigenvalue weighted by Crippen LogP contribution is -2.46. The fourth-order valence-corrected chi connectivity index (χ4v) is 4.55. The molecule has 0 spiro atoms. The number of hydrogen-bond acceptors (Lipinski definition) is 6. The highest BCUT2D eigenvalue weighted by molar-refractivity contribution is 7.80. The summed E-state index contributed by atoms with van der Waals surface area (Å²) in [6.45, 7) is 5.08. The summed E-state index contributed by atoms with van der Waals surface area (Å²) in [5, 5.41) is 10.4. The van der Waals surface area contributed by atoms with Gasteiger partial charge in [0.1, 0.15) is 5.75 Å². The monoisotopic (exact) mass is 440 g/mol. The van der Waals surface area contributed by atoms with Gasteiger partial charge >= 0.3 is 0 Å². The maximum atomic E-state index is 5.74. The molecule has 6 nitrogen and oxygen atoms in total. The third-order valence-electron chi connectivity index (χ3n) is 5.16. The molecular weight excluding hydrogens is 416 g/mol. The van der Waals surface area contributed by atoms with Crippen molar-refractivity contribution in [2.24, 2.45) is 0 Å². The number of thiophene rings is 1. The number of unbranched alkanes of at least 4 members (excludes halogenated alkanes) is 1. The Morgan fingerprint density at radius 1 is 1.30 bits per heavy atom. The summed E-state index contributed by atoms with van der Waals surface area (Å²) >= 11 is 7.30. The van der Waals surface area contributed by atoms with Gasteiger partial charge in [0, 0.05) is 12.2 Å². The van der Waals surface area contributed by atoms with E-state index < -0.39 is 0 Å². The van der Waals surface area contributed by atoms with Crippen LogP contribution in [0, 0.1) is 0 Å². The van der Waals surface area contributed by atoms with E-state index >= 15 is 0 Å². The molecule has 1 aromatic carbocycles. The van der Waals surface area contributed by atoms with E-state index in [-0.39, 0.29) is 6.04 Å². The zero-order valence-electron chi connectivity index (χ0n) is 17.2. The Morgan fingerprint density at radius 3 is 2.90 bits per heavy atom. The van der Waals surface area contributed by atoms with Crippen molar-refractivity contribution in [3.63, 3.8) is 0 Å². The van der Waals surface area contributed by atoms with Gasteiger partial charge in [-0.05, 0) is 54.7 Å². The van der Waals surface area contributed by atoms with Gasteiger partial charge in [0.2, 0.25) is 5.82 Å². The number of nitrogens with zero attached hydrogens (tertiary/aromatic N) is 3. The van der Waals surface area contributed by atoms with Crippen molar-refractivity contribution in [2.75, 3.05) is 13.7 Å². The van der Waals surface area contributed by atoms with Gasteiger partial charge < -0.3 is 19.5 Å². The lowest BCUT2D eigenvalue weighted by molar-refractivity contribution is 0.395. The zero-order valence-corrected chi connectivity index (χ0v) is 18.8. The summed E-state index contributed by atoms with van der Waals surface area (Å²) < 4.78 is 11.2. The van der Waals surface area contributed by atoms with Gasteiger partial charge in [-0.2, -0.15) is 4.98 Å². The molecule has 1 unspecified atom stereocenters. The SMILES string of the molecule is CCCCN1C(=S)NC(c2cccc(OC)c2)C(c2nc(-c3cccs3)no2)=C1C. The van der Waals surface area contributed by atoms with Crippen LogP contribution in [0.4, 0.5) is 0 Å². The normalized spacial score (nSPS) is 16.7. The second-order valence-electron chi connectivity index (χ2n) is 7.06.